The fraction of sp³-hybridized carbons (Fsp3) is 0.211. The average Bonchev–Trinajstić information content (AvgIpc) is 3.19. The molecule has 3 rings (SSSR count). The second kappa shape index (κ2) is 9.17. The minimum atomic E-state index is -3.74. The van der Waals surface area contributed by atoms with Gasteiger partial charge in [0.1, 0.15) is 0 Å². The number of rotatable bonds is 8. The molecule has 1 N–H and O–H groups in total. The monoisotopic (exact) mass is 435 g/mol. The van der Waals surface area contributed by atoms with E-state index in [1.807, 2.05) is 30.3 Å². The van der Waals surface area contributed by atoms with E-state index < -0.39 is 22.1 Å². The van der Waals surface area contributed by atoms with E-state index in [9.17, 15) is 13.2 Å². The van der Waals surface area contributed by atoms with Crippen molar-refractivity contribution in [1.82, 2.24) is 14.9 Å². The van der Waals surface area contributed by atoms with E-state index in [0.29, 0.717) is 10.9 Å². The Hall–Kier alpha value is -2.75. The van der Waals surface area contributed by atoms with Crippen LogP contribution in [0.3, 0.4) is 0 Å². The summed E-state index contributed by atoms with van der Waals surface area (Å²) in [6, 6.07) is 14.9. The highest BCUT2D eigenvalue weighted by Gasteiger charge is 2.20. The predicted octanol–water partition coefficient (Wildman–Crippen LogP) is 3.36. The molecule has 0 spiro atoms. The molecule has 1 heterocycles. The van der Waals surface area contributed by atoms with Crippen molar-refractivity contribution in [3.8, 4) is 11.5 Å². The zero-order chi connectivity index (χ0) is 20.9. The van der Waals surface area contributed by atoms with E-state index in [-0.39, 0.29) is 23.8 Å². The summed E-state index contributed by atoms with van der Waals surface area (Å²) in [7, 11) is -3.74. The maximum atomic E-state index is 12.2. The van der Waals surface area contributed by atoms with Gasteiger partial charge in [-0.1, -0.05) is 29.8 Å². The van der Waals surface area contributed by atoms with E-state index in [0.717, 1.165) is 5.56 Å². The van der Waals surface area contributed by atoms with E-state index in [2.05, 4.69) is 14.9 Å². The van der Waals surface area contributed by atoms with Gasteiger partial charge in [-0.2, -0.15) is 0 Å². The molecular formula is C19H18ClN3O5S. The van der Waals surface area contributed by atoms with Crippen LogP contribution in [-0.2, 0) is 19.6 Å². The second-order valence-corrected chi connectivity index (χ2v) is 8.25. The number of nitrogens with zero attached hydrogens (tertiary/aromatic N) is 2. The molecule has 1 aromatic heterocycles. The van der Waals surface area contributed by atoms with Crippen molar-refractivity contribution < 1.29 is 22.4 Å². The van der Waals surface area contributed by atoms with Crippen LogP contribution in [-0.4, -0.2) is 31.1 Å². The van der Waals surface area contributed by atoms with Crippen molar-refractivity contribution in [3.05, 3.63) is 65.5 Å². The maximum absolute atomic E-state index is 12.2. The molecule has 3 aromatic rings. The Balaban J connectivity index is 1.50. The molecule has 29 heavy (non-hydrogen) atoms. The Morgan fingerprint density at radius 2 is 1.83 bits per heavy atom. The van der Waals surface area contributed by atoms with Crippen LogP contribution in [0.2, 0.25) is 5.02 Å². The smallest absolute Gasteiger partial charge is 0.307 e. The second-order valence-electron chi connectivity index (χ2n) is 6.05. The van der Waals surface area contributed by atoms with Crippen LogP contribution in [0.25, 0.3) is 11.5 Å². The lowest BCUT2D eigenvalue weighted by molar-refractivity contribution is -0.149. The van der Waals surface area contributed by atoms with Crippen molar-refractivity contribution >= 4 is 27.6 Å². The van der Waals surface area contributed by atoms with Crippen LogP contribution in [0.1, 0.15) is 25.3 Å². The third kappa shape index (κ3) is 5.63. The number of carbonyl (C=O) groups is 1. The van der Waals surface area contributed by atoms with Gasteiger partial charge in [-0.15, -0.1) is 10.2 Å². The summed E-state index contributed by atoms with van der Waals surface area (Å²) >= 11 is 5.75. The summed E-state index contributed by atoms with van der Waals surface area (Å²) in [6.07, 6.45) is -0.919. The van der Waals surface area contributed by atoms with Gasteiger partial charge >= 0.3 is 5.97 Å². The van der Waals surface area contributed by atoms with Gasteiger partial charge in [0.15, 0.2) is 6.10 Å². The SMILES string of the molecule is C[C@H](OC(=O)CCNS(=O)(=O)c1ccc(Cl)cc1)c1nnc(-c2ccccc2)o1. The highest BCUT2D eigenvalue weighted by Crippen LogP contribution is 2.22. The maximum Gasteiger partial charge on any atom is 0.307 e. The molecule has 1 atom stereocenters. The molecule has 0 unspecified atom stereocenters. The Kier molecular flexibility index (Phi) is 6.63. The molecule has 0 aliphatic heterocycles. The molecule has 2 aromatic carbocycles. The summed E-state index contributed by atoms with van der Waals surface area (Å²) in [6.45, 7) is 1.48. The number of aromatic nitrogens is 2. The summed E-state index contributed by atoms with van der Waals surface area (Å²) in [5, 5.41) is 8.26. The first-order valence-corrected chi connectivity index (χ1v) is 10.5. The molecule has 0 aliphatic carbocycles. The van der Waals surface area contributed by atoms with Crippen LogP contribution in [0, 0.1) is 0 Å². The Labute approximate surface area is 172 Å². The first-order chi connectivity index (χ1) is 13.8. The van der Waals surface area contributed by atoms with Crippen LogP contribution < -0.4 is 4.72 Å². The lowest BCUT2D eigenvalue weighted by Gasteiger charge is -2.10. The summed E-state index contributed by atoms with van der Waals surface area (Å²) in [5.41, 5.74) is 0.751. The number of sulfonamides is 1. The summed E-state index contributed by atoms with van der Waals surface area (Å²) in [5.74, 6) is -0.131. The number of ether oxygens (including phenoxy) is 1. The van der Waals surface area contributed by atoms with E-state index >= 15 is 0 Å². The van der Waals surface area contributed by atoms with Gasteiger partial charge in [-0.05, 0) is 43.3 Å². The van der Waals surface area contributed by atoms with Crippen LogP contribution in [0.4, 0.5) is 0 Å². The van der Waals surface area contributed by atoms with Crippen molar-refractivity contribution in [3.63, 3.8) is 0 Å². The van der Waals surface area contributed by atoms with Crippen LogP contribution in [0.5, 0.6) is 0 Å². The summed E-state index contributed by atoms with van der Waals surface area (Å²) in [4.78, 5) is 12.1. The van der Waals surface area contributed by atoms with E-state index in [4.69, 9.17) is 20.8 Å². The minimum absolute atomic E-state index is 0.0583. The number of benzene rings is 2. The zero-order valence-corrected chi connectivity index (χ0v) is 17.0. The lowest BCUT2D eigenvalue weighted by Crippen LogP contribution is -2.27. The molecule has 0 saturated heterocycles. The molecule has 0 bridgehead atoms. The molecule has 0 amide bonds. The standard InChI is InChI=1S/C19H18ClN3O5S/c1-13(18-22-23-19(28-18)14-5-3-2-4-6-14)27-17(24)11-12-21-29(25,26)16-9-7-15(20)8-10-16/h2-10,13,21H,11-12H2,1H3/t13-/m0/s1. The number of carbonyl (C=O) groups excluding carboxylic acids is 1. The number of nitrogens with one attached hydrogen (secondary N) is 1. The number of esters is 1. The Morgan fingerprint density at radius 1 is 1.14 bits per heavy atom. The molecule has 0 radical (unpaired) electrons. The fourth-order valence-electron chi connectivity index (χ4n) is 2.39. The molecule has 8 nitrogen and oxygen atoms in total. The highest BCUT2D eigenvalue weighted by atomic mass is 35.5. The molecule has 0 fully saturated rings. The Bertz CT molecular complexity index is 1070. The fourth-order valence-corrected chi connectivity index (χ4v) is 3.55. The first kappa shape index (κ1) is 21.0. The Morgan fingerprint density at radius 3 is 2.52 bits per heavy atom. The third-order valence-electron chi connectivity index (χ3n) is 3.86. The number of halogens is 1. The highest BCUT2D eigenvalue weighted by molar-refractivity contribution is 7.89. The third-order valence-corrected chi connectivity index (χ3v) is 5.59. The topological polar surface area (TPSA) is 111 Å². The van der Waals surface area contributed by atoms with Gasteiger partial charge in [-0.3, -0.25) is 4.79 Å². The van der Waals surface area contributed by atoms with Gasteiger partial charge in [0, 0.05) is 17.1 Å². The van der Waals surface area contributed by atoms with Gasteiger partial charge in [0.2, 0.25) is 15.9 Å². The number of hydrogen-bond donors (Lipinski definition) is 1. The summed E-state index contributed by atoms with van der Waals surface area (Å²) < 4.78 is 37.4. The zero-order valence-electron chi connectivity index (χ0n) is 15.4. The van der Waals surface area contributed by atoms with Crippen LogP contribution in [0.15, 0.2) is 63.9 Å². The largest absolute Gasteiger partial charge is 0.453 e. The average molecular weight is 436 g/mol. The van der Waals surface area contributed by atoms with Crippen LogP contribution >= 0.6 is 11.6 Å². The van der Waals surface area contributed by atoms with Crippen molar-refractivity contribution in [2.24, 2.45) is 0 Å². The van der Waals surface area contributed by atoms with Crippen molar-refractivity contribution in [1.29, 1.82) is 0 Å². The molecular weight excluding hydrogens is 418 g/mol. The van der Waals surface area contributed by atoms with Gasteiger partial charge in [0.25, 0.3) is 5.89 Å². The van der Waals surface area contributed by atoms with E-state index in [1.165, 1.54) is 24.3 Å². The normalized spacial score (nSPS) is 12.5. The van der Waals surface area contributed by atoms with Gasteiger partial charge < -0.3 is 9.15 Å². The molecule has 0 aliphatic rings. The first-order valence-electron chi connectivity index (χ1n) is 8.69. The molecule has 152 valence electrons. The number of hydrogen-bond acceptors (Lipinski definition) is 7. The molecule has 10 heteroatoms. The lowest BCUT2D eigenvalue weighted by atomic mass is 10.2. The predicted molar refractivity (Wildman–Crippen MR) is 105 cm³/mol. The van der Waals surface area contributed by atoms with Crippen molar-refractivity contribution in [2.75, 3.05) is 6.54 Å². The molecule has 0 saturated carbocycles. The van der Waals surface area contributed by atoms with Crippen molar-refractivity contribution in [2.45, 2.75) is 24.3 Å². The van der Waals surface area contributed by atoms with Gasteiger partial charge in [-0.25, -0.2) is 13.1 Å². The van der Waals surface area contributed by atoms with E-state index in [1.54, 1.807) is 6.92 Å². The quantitative estimate of drug-likeness (QED) is 0.540. The minimum Gasteiger partial charge on any atom is -0.453 e. The van der Waals surface area contributed by atoms with Gasteiger partial charge in [0.05, 0.1) is 11.3 Å².